The molecule has 76 valence electrons. The Morgan fingerprint density at radius 2 is 2.00 bits per heavy atom. The van der Waals surface area contributed by atoms with Crippen LogP contribution in [0.4, 0.5) is 0 Å². The zero-order valence-electron chi connectivity index (χ0n) is 8.29. The van der Waals surface area contributed by atoms with Gasteiger partial charge in [0, 0.05) is 0 Å². The van der Waals surface area contributed by atoms with Crippen molar-refractivity contribution in [3.63, 3.8) is 0 Å². The summed E-state index contributed by atoms with van der Waals surface area (Å²) in [6.07, 6.45) is 0. The van der Waals surface area contributed by atoms with Crippen LogP contribution in [0.2, 0.25) is 0 Å². The van der Waals surface area contributed by atoms with Crippen molar-refractivity contribution in [3.8, 4) is 5.75 Å². The van der Waals surface area contributed by atoms with Crippen molar-refractivity contribution in [3.05, 3.63) is 29.8 Å². The first-order chi connectivity index (χ1) is 6.65. The van der Waals surface area contributed by atoms with Gasteiger partial charge in [0.25, 0.3) is 0 Å². The Morgan fingerprint density at radius 1 is 1.43 bits per heavy atom. The third-order valence-corrected chi connectivity index (χ3v) is 2.36. The molecule has 0 spiro atoms. The van der Waals surface area contributed by atoms with E-state index in [9.17, 15) is 4.79 Å². The van der Waals surface area contributed by atoms with Crippen LogP contribution >= 0.6 is 11.6 Å². The maximum absolute atomic E-state index is 10.9. The molecule has 0 N–H and O–H groups in total. The Balaban J connectivity index is 2.77. The molecule has 0 aliphatic heterocycles. The first kappa shape index (κ1) is 11.1. The molecular formula is C11H13ClO2. The van der Waals surface area contributed by atoms with Gasteiger partial charge in [0.15, 0.2) is 0 Å². The second-order valence-electron chi connectivity index (χ2n) is 3.03. The van der Waals surface area contributed by atoms with Crippen LogP contribution in [-0.2, 0) is 4.79 Å². The van der Waals surface area contributed by atoms with E-state index < -0.39 is 0 Å². The van der Waals surface area contributed by atoms with Gasteiger partial charge in [-0.15, -0.1) is 0 Å². The highest BCUT2D eigenvalue weighted by atomic mass is 35.5. The zero-order chi connectivity index (χ0) is 10.6. The van der Waals surface area contributed by atoms with Gasteiger partial charge in [-0.1, -0.05) is 19.1 Å². The third kappa shape index (κ3) is 2.74. The predicted octanol–water partition coefficient (Wildman–Crippen LogP) is 2.95. The summed E-state index contributed by atoms with van der Waals surface area (Å²) in [5, 5.41) is -0.339. The van der Waals surface area contributed by atoms with Gasteiger partial charge in [-0.05, 0) is 36.2 Å². The van der Waals surface area contributed by atoms with Crippen LogP contribution in [0.1, 0.15) is 25.3 Å². The molecule has 0 aliphatic carbocycles. The lowest BCUT2D eigenvalue weighted by atomic mass is 10.0. The van der Waals surface area contributed by atoms with Crippen molar-refractivity contribution in [2.45, 2.75) is 19.8 Å². The number of hydrogen-bond donors (Lipinski definition) is 0. The molecular weight excluding hydrogens is 200 g/mol. The minimum atomic E-state index is -0.339. The summed E-state index contributed by atoms with van der Waals surface area (Å²) in [7, 11) is 0. The normalized spacial score (nSPS) is 12.2. The van der Waals surface area contributed by atoms with Crippen LogP contribution in [0, 0.1) is 0 Å². The molecule has 1 rings (SSSR count). The lowest BCUT2D eigenvalue weighted by Gasteiger charge is -2.07. The van der Waals surface area contributed by atoms with E-state index >= 15 is 0 Å². The number of carbonyl (C=O) groups is 1. The number of halogens is 1. The van der Waals surface area contributed by atoms with E-state index in [1.807, 2.05) is 31.2 Å². The van der Waals surface area contributed by atoms with Crippen molar-refractivity contribution in [1.82, 2.24) is 0 Å². The molecule has 3 heteroatoms. The van der Waals surface area contributed by atoms with Crippen LogP contribution < -0.4 is 4.74 Å². The SMILES string of the molecule is CCOc1ccc(C(C)C(=O)Cl)cc1. The Bertz CT molecular complexity index is 306. The summed E-state index contributed by atoms with van der Waals surface area (Å²) >= 11 is 5.39. The molecule has 1 aromatic rings. The van der Waals surface area contributed by atoms with E-state index in [4.69, 9.17) is 16.3 Å². The second-order valence-corrected chi connectivity index (χ2v) is 3.40. The number of carbonyl (C=O) groups excluding carboxylic acids is 1. The van der Waals surface area contributed by atoms with Gasteiger partial charge in [-0.25, -0.2) is 0 Å². The maximum atomic E-state index is 10.9. The van der Waals surface area contributed by atoms with E-state index in [0.29, 0.717) is 6.61 Å². The quantitative estimate of drug-likeness (QED) is 0.718. The van der Waals surface area contributed by atoms with Crippen molar-refractivity contribution >= 4 is 16.8 Å². The highest BCUT2D eigenvalue weighted by Crippen LogP contribution is 2.20. The number of rotatable bonds is 4. The van der Waals surface area contributed by atoms with Crippen LogP contribution in [-0.4, -0.2) is 11.8 Å². The minimum Gasteiger partial charge on any atom is -0.494 e. The van der Waals surface area contributed by atoms with E-state index in [1.54, 1.807) is 6.92 Å². The second kappa shape index (κ2) is 5.01. The number of hydrogen-bond acceptors (Lipinski definition) is 2. The summed E-state index contributed by atoms with van der Waals surface area (Å²) < 4.78 is 5.28. The minimum absolute atomic E-state index is 0.257. The molecule has 0 aliphatic rings. The van der Waals surface area contributed by atoms with Gasteiger partial charge in [0.05, 0.1) is 12.5 Å². The monoisotopic (exact) mass is 212 g/mol. The highest BCUT2D eigenvalue weighted by Gasteiger charge is 2.11. The fourth-order valence-electron chi connectivity index (χ4n) is 1.15. The van der Waals surface area contributed by atoms with Crippen molar-refractivity contribution in [2.75, 3.05) is 6.61 Å². The molecule has 1 unspecified atom stereocenters. The van der Waals surface area contributed by atoms with E-state index in [1.165, 1.54) is 0 Å². The van der Waals surface area contributed by atoms with E-state index in [-0.39, 0.29) is 11.2 Å². The van der Waals surface area contributed by atoms with Gasteiger partial charge in [-0.3, -0.25) is 4.79 Å². The fraction of sp³-hybridized carbons (Fsp3) is 0.364. The van der Waals surface area contributed by atoms with Crippen molar-refractivity contribution in [1.29, 1.82) is 0 Å². The Labute approximate surface area is 88.8 Å². The smallest absolute Gasteiger partial charge is 0.228 e. The molecule has 2 nitrogen and oxygen atoms in total. The molecule has 14 heavy (non-hydrogen) atoms. The Hall–Kier alpha value is -1.02. The van der Waals surface area contributed by atoms with Gasteiger partial charge < -0.3 is 4.74 Å². The molecule has 1 atom stereocenters. The molecule has 0 heterocycles. The lowest BCUT2D eigenvalue weighted by molar-refractivity contribution is -0.112. The van der Waals surface area contributed by atoms with Gasteiger partial charge in [0.1, 0.15) is 5.75 Å². The third-order valence-electron chi connectivity index (χ3n) is 2.03. The largest absolute Gasteiger partial charge is 0.494 e. The average molecular weight is 213 g/mol. The van der Waals surface area contributed by atoms with Crippen LogP contribution in [0.25, 0.3) is 0 Å². The summed E-state index contributed by atoms with van der Waals surface area (Å²) in [5.74, 6) is 0.554. The average Bonchev–Trinajstić information content (AvgIpc) is 2.18. The highest BCUT2D eigenvalue weighted by molar-refractivity contribution is 6.64. The van der Waals surface area contributed by atoms with Gasteiger partial charge in [0.2, 0.25) is 5.24 Å². The van der Waals surface area contributed by atoms with Crippen LogP contribution in [0.15, 0.2) is 24.3 Å². The summed E-state index contributed by atoms with van der Waals surface area (Å²) in [6.45, 7) is 4.35. The maximum Gasteiger partial charge on any atom is 0.228 e. The fourth-order valence-corrected chi connectivity index (χ4v) is 1.28. The topological polar surface area (TPSA) is 26.3 Å². The molecule has 1 aromatic carbocycles. The molecule has 0 amide bonds. The standard InChI is InChI=1S/C11H13ClO2/c1-3-14-10-6-4-9(5-7-10)8(2)11(12)13/h4-8H,3H2,1-2H3. The molecule has 0 saturated carbocycles. The molecule has 0 fully saturated rings. The predicted molar refractivity (Wildman–Crippen MR) is 56.9 cm³/mol. The summed E-state index contributed by atoms with van der Waals surface area (Å²) in [6, 6.07) is 7.40. The lowest BCUT2D eigenvalue weighted by Crippen LogP contribution is -2.01. The van der Waals surface area contributed by atoms with Crippen LogP contribution in [0.3, 0.4) is 0 Å². The molecule has 0 radical (unpaired) electrons. The first-order valence-electron chi connectivity index (χ1n) is 4.57. The van der Waals surface area contributed by atoms with Crippen LogP contribution in [0.5, 0.6) is 5.75 Å². The molecule has 0 aromatic heterocycles. The van der Waals surface area contributed by atoms with Crippen molar-refractivity contribution in [2.24, 2.45) is 0 Å². The van der Waals surface area contributed by atoms with Gasteiger partial charge >= 0.3 is 0 Å². The molecule has 0 bridgehead atoms. The van der Waals surface area contributed by atoms with E-state index in [0.717, 1.165) is 11.3 Å². The summed E-state index contributed by atoms with van der Waals surface area (Å²) in [4.78, 5) is 10.9. The zero-order valence-corrected chi connectivity index (χ0v) is 9.04. The first-order valence-corrected chi connectivity index (χ1v) is 4.95. The Morgan fingerprint density at radius 3 is 2.43 bits per heavy atom. The number of ether oxygens (including phenoxy) is 1. The Kier molecular flexibility index (Phi) is 3.96. The van der Waals surface area contributed by atoms with Gasteiger partial charge in [-0.2, -0.15) is 0 Å². The molecule has 0 saturated heterocycles. The number of benzene rings is 1. The van der Waals surface area contributed by atoms with E-state index in [2.05, 4.69) is 0 Å². The summed E-state index contributed by atoms with van der Waals surface area (Å²) in [5.41, 5.74) is 0.911. The van der Waals surface area contributed by atoms with Crippen molar-refractivity contribution < 1.29 is 9.53 Å².